The number of carbonyl (C=O) groups is 1. The molecule has 1 aliphatic carbocycles. The Labute approximate surface area is 197 Å². The van der Waals surface area contributed by atoms with E-state index in [9.17, 15) is 4.79 Å². The number of nitrogens with one attached hydrogen (secondary N) is 1. The van der Waals surface area contributed by atoms with Crippen LogP contribution in [-0.4, -0.2) is 47.8 Å². The van der Waals surface area contributed by atoms with Crippen LogP contribution in [0.2, 0.25) is 4.34 Å². The molecule has 1 atom stereocenters. The van der Waals surface area contributed by atoms with Gasteiger partial charge in [-0.25, -0.2) is 4.98 Å². The zero-order valence-corrected chi connectivity index (χ0v) is 19.2. The number of imidazole rings is 1. The summed E-state index contributed by atoms with van der Waals surface area (Å²) in [5.74, 6) is 0.931. The summed E-state index contributed by atoms with van der Waals surface area (Å²) in [6.45, 7) is 1.96. The van der Waals surface area contributed by atoms with Crippen molar-refractivity contribution in [3.63, 3.8) is 0 Å². The van der Waals surface area contributed by atoms with Crippen molar-refractivity contribution in [2.75, 3.05) is 0 Å². The fourth-order valence-electron chi connectivity index (χ4n) is 3.97. The number of hydrogen-bond acceptors (Lipinski definition) is 7. The van der Waals surface area contributed by atoms with Crippen LogP contribution in [0.1, 0.15) is 48.3 Å². The molecule has 0 saturated heterocycles. The van der Waals surface area contributed by atoms with Crippen LogP contribution in [0.3, 0.4) is 0 Å². The summed E-state index contributed by atoms with van der Waals surface area (Å²) in [5, 5.41) is 15.4. The Kier molecular flexibility index (Phi) is 4.84. The number of tetrazole rings is 1. The Bertz CT molecular complexity index is 1440. The number of thiophene rings is 1. The lowest BCUT2D eigenvalue weighted by Gasteiger charge is -2.16. The molecule has 2 aliphatic rings. The second-order valence-electron chi connectivity index (χ2n) is 8.21. The van der Waals surface area contributed by atoms with Crippen LogP contribution >= 0.6 is 22.9 Å². The van der Waals surface area contributed by atoms with E-state index in [2.05, 4.69) is 30.8 Å². The van der Waals surface area contributed by atoms with E-state index >= 15 is 0 Å². The number of rotatable bonds is 6. The molecule has 4 aromatic heterocycles. The predicted octanol–water partition coefficient (Wildman–Crippen LogP) is 4.05. The van der Waals surface area contributed by atoms with E-state index in [-0.39, 0.29) is 11.9 Å². The van der Waals surface area contributed by atoms with Crippen LogP contribution in [0.5, 0.6) is 0 Å². The molecule has 9 nitrogen and oxygen atoms in total. The lowest BCUT2D eigenvalue weighted by Crippen LogP contribution is -2.34. The van der Waals surface area contributed by atoms with Crippen molar-refractivity contribution in [1.29, 1.82) is 0 Å². The molecular formula is C22H19ClN8OS. The van der Waals surface area contributed by atoms with Gasteiger partial charge >= 0.3 is 0 Å². The SMILES string of the molecule is CC(NC(=O)c1cc(-n2nnnc2C2CC2)c2ncc(-c3ccc(Cl)s3)n2c1)C1=CN=CC1. The number of aliphatic imine (C=N–C) groups is 1. The molecule has 1 saturated carbocycles. The second-order valence-corrected chi connectivity index (χ2v) is 9.93. The molecule has 6 rings (SSSR count). The van der Waals surface area contributed by atoms with Crippen LogP contribution in [0, 0.1) is 0 Å². The molecule has 33 heavy (non-hydrogen) atoms. The lowest BCUT2D eigenvalue weighted by atomic mass is 10.1. The van der Waals surface area contributed by atoms with Gasteiger partial charge in [0.25, 0.3) is 5.91 Å². The van der Waals surface area contributed by atoms with E-state index in [4.69, 9.17) is 11.6 Å². The van der Waals surface area contributed by atoms with Gasteiger partial charge in [0.1, 0.15) is 5.69 Å². The summed E-state index contributed by atoms with van der Waals surface area (Å²) in [5.41, 5.74) is 3.74. The number of carbonyl (C=O) groups excluding carboxylic acids is 1. The Morgan fingerprint density at radius 3 is 2.94 bits per heavy atom. The highest BCUT2D eigenvalue weighted by Crippen LogP contribution is 2.40. The Hall–Kier alpha value is -3.37. The first kappa shape index (κ1) is 20.3. The molecule has 1 amide bonds. The summed E-state index contributed by atoms with van der Waals surface area (Å²) < 4.78 is 4.30. The van der Waals surface area contributed by atoms with Crippen molar-refractivity contribution >= 4 is 40.7 Å². The standard InChI is InChI=1S/C22H19ClN8OS/c1-12(14-6-7-24-9-14)26-22(32)15-8-16(31-20(13-2-3-13)27-28-29-31)21-25-10-17(30(21)11-15)18-4-5-19(23)33-18/h4-5,7-13H,2-3,6H2,1H3,(H,26,32). The normalized spacial score (nSPS) is 16.4. The summed E-state index contributed by atoms with van der Waals surface area (Å²) >= 11 is 7.64. The van der Waals surface area contributed by atoms with Crippen LogP contribution in [0.25, 0.3) is 21.9 Å². The van der Waals surface area contributed by atoms with E-state index in [0.717, 1.165) is 41.2 Å². The topological polar surface area (TPSA) is 102 Å². The second kappa shape index (κ2) is 7.89. The zero-order chi connectivity index (χ0) is 22.5. The van der Waals surface area contributed by atoms with Crippen LogP contribution in [0.15, 0.2) is 47.4 Å². The molecule has 0 spiro atoms. The van der Waals surface area contributed by atoms with Crippen molar-refractivity contribution in [3.8, 4) is 16.3 Å². The van der Waals surface area contributed by atoms with Gasteiger partial charge in [0.05, 0.1) is 26.7 Å². The third kappa shape index (κ3) is 3.65. The number of pyridine rings is 1. The maximum absolute atomic E-state index is 13.3. The smallest absolute Gasteiger partial charge is 0.253 e. The van der Waals surface area contributed by atoms with Gasteiger partial charge in [-0.05, 0) is 54.0 Å². The number of aromatic nitrogens is 6. The summed E-state index contributed by atoms with van der Waals surface area (Å²) in [4.78, 5) is 23.0. The quantitative estimate of drug-likeness (QED) is 0.450. The average Bonchev–Trinajstić information content (AvgIpc) is 3.28. The highest BCUT2D eigenvalue weighted by atomic mass is 35.5. The van der Waals surface area contributed by atoms with Crippen LogP contribution < -0.4 is 5.32 Å². The highest BCUT2D eigenvalue weighted by molar-refractivity contribution is 7.19. The fraction of sp³-hybridized carbons (Fsp3) is 0.273. The molecule has 166 valence electrons. The minimum absolute atomic E-state index is 0.132. The Morgan fingerprint density at radius 1 is 1.33 bits per heavy atom. The Balaban J connectivity index is 1.47. The maximum atomic E-state index is 13.3. The number of hydrogen-bond donors (Lipinski definition) is 1. The molecule has 1 N–H and O–H groups in total. The van der Waals surface area contributed by atoms with Gasteiger partial charge < -0.3 is 5.32 Å². The number of nitrogens with zero attached hydrogens (tertiary/aromatic N) is 7. The molecule has 1 unspecified atom stereocenters. The summed E-state index contributed by atoms with van der Waals surface area (Å²) in [6, 6.07) is 5.47. The third-order valence-electron chi connectivity index (χ3n) is 5.92. The van der Waals surface area contributed by atoms with Gasteiger partial charge in [-0.1, -0.05) is 11.6 Å². The monoisotopic (exact) mass is 478 g/mol. The Morgan fingerprint density at radius 2 is 2.21 bits per heavy atom. The van der Waals surface area contributed by atoms with Crippen molar-refractivity contribution < 1.29 is 4.79 Å². The van der Waals surface area contributed by atoms with E-state index in [1.54, 1.807) is 29.3 Å². The van der Waals surface area contributed by atoms with E-state index in [0.29, 0.717) is 27.2 Å². The first-order valence-electron chi connectivity index (χ1n) is 10.7. The molecule has 1 aliphatic heterocycles. The molecular weight excluding hydrogens is 460 g/mol. The van der Waals surface area contributed by atoms with Gasteiger partial charge in [0.15, 0.2) is 11.5 Å². The van der Waals surface area contributed by atoms with Crippen LogP contribution in [0.4, 0.5) is 0 Å². The number of fused-ring (bicyclic) bond motifs is 1. The fourth-order valence-corrected chi connectivity index (χ4v) is 5.02. The van der Waals surface area contributed by atoms with E-state index in [1.807, 2.05) is 29.7 Å². The van der Waals surface area contributed by atoms with E-state index in [1.165, 1.54) is 11.3 Å². The van der Waals surface area contributed by atoms with Gasteiger partial charge in [0.2, 0.25) is 0 Å². The van der Waals surface area contributed by atoms with Gasteiger partial charge in [0, 0.05) is 37.0 Å². The van der Waals surface area contributed by atoms with Gasteiger partial charge in [-0.2, -0.15) is 4.68 Å². The lowest BCUT2D eigenvalue weighted by molar-refractivity contribution is 0.0944. The van der Waals surface area contributed by atoms with E-state index < -0.39 is 0 Å². The maximum Gasteiger partial charge on any atom is 0.253 e. The first-order chi connectivity index (χ1) is 16.1. The molecule has 1 fully saturated rings. The number of halogens is 1. The third-order valence-corrected chi connectivity index (χ3v) is 7.17. The number of amides is 1. The highest BCUT2D eigenvalue weighted by Gasteiger charge is 2.31. The van der Waals surface area contributed by atoms with Crippen molar-refractivity contribution in [3.05, 3.63) is 58.1 Å². The molecule has 0 radical (unpaired) electrons. The van der Waals surface area contributed by atoms with Crippen LogP contribution in [-0.2, 0) is 0 Å². The molecule has 11 heteroatoms. The molecule has 0 aromatic carbocycles. The zero-order valence-electron chi connectivity index (χ0n) is 17.6. The van der Waals surface area contributed by atoms with Crippen molar-refractivity contribution in [2.45, 2.75) is 38.1 Å². The van der Waals surface area contributed by atoms with Crippen molar-refractivity contribution in [2.24, 2.45) is 4.99 Å². The minimum Gasteiger partial charge on any atom is -0.346 e. The molecule has 4 aromatic rings. The molecule has 0 bridgehead atoms. The van der Waals surface area contributed by atoms with Gasteiger partial charge in [-0.15, -0.1) is 16.4 Å². The predicted molar refractivity (Wildman–Crippen MR) is 126 cm³/mol. The largest absolute Gasteiger partial charge is 0.346 e. The average molecular weight is 479 g/mol. The minimum atomic E-state index is -0.191. The van der Waals surface area contributed by atoms with Crippen molar-refractivity contribution in [1.82, 2.24) is 34.9 Å². The summed E-state index contributed by atoms with van der Waals surface area (Å²) in [7, 11) is 0. The molecule has 5 heterocycles. The van der Waals surface area contributed by atoms with Gasteiger partial charge in [-0.3, -0.25) is 14.2 Å². The first-order valence-corrected chi connectivity index (χ1v) is 11.8. The summed E-state index contributed by atoms with van der Waals surface area (Å²) in [6.07, 6.45) is 10.1.